The van der Waals surface area contributed by atoms with Crippen LogP contribution in [0.5, 0.6) is 5.75 Å². The highest BCUT2D eigenvalue weighted by molar-refractivity contribution is 5.17. The Morgan fingerprint density at radius 2 is 2.44 bits per heavy atom. The molecule has 0 aromatic carbocycles. The van der Waals surface area contributed by atoms with Crippen molar-refractivity contribution in [3.63, 3.8) is 0 Å². The molecule has 0 radical (unpaired) electrons. The number of ether oxygens (including phenoxy) is 1. The molecule has 1 aliphatic heterocycles. The molecule has 3 heterocycles. The molecule has 5 heteroatoms. The van der Waals surface area contributed by atoms with Crippen LogP contribution >= 0.6 is 0 Å². The van der Waals surface area contributed by atoms with E-state index in [1.54, 1.807) is 12.4 Å². The lowest BCUT2D eigenvalue weighted by Crippen LogP contribution is -2.32. The molecule has 0 bridgehead atoms. The summed E-state index contributed by atoms with van der Waals surface area (Å²) in [4.78, 5) is 8.48. The van der Waals surface area contributed by atoms with Crippen LogP contribution in [0.15, 0.2) is 30.7 Å². The molecule has 0 saturated carbocycles. The average Bonchev–Trinajstić information content (AvgIpc) is 2.82. The molecule has 94 valence electrons. The normalized spacial score (nSPS) is 18.4. The number of pyridine rings is 1. The van der Waals surface area contributed by atoms with Gasteiger partial charge in [-0.05, 0) is 19.1 Å². The van der Waals surface area contributed by atoms with Gasteiger partial charge in [-0.1, -0.05) is 0 Å². The monoisotopic (exact) mass is 244 g/mol. The molecular formula is C13H16N4O. The molecule has 5 nitrogen and oxygen atoms in total. The van der Waals surface area contributed by atoms with E-state index in [0.29, 0.717) is 12.6 Å². The molecule has 0 spiro atoms. The maximum absolute atomic E-state index is 5.71. The number of fused-ring (bicyclic) bond motifs is 1. The van der Waals surface area contributed by atoms with Gasteiger partial charge < -0.3 is 14.6 Å². The zero-order valence-electron chi connectivity index (χ0n) is 10.3. The second-order valence-corrected chi connectivity index (χ2v) is 4.41. The molecule has 0 aliphatic carbocycles. The molecular weight excluding hydrogens is 228 g/mol. The lowest BCUT2D eigenvalue weighted by atomic mass is 10.2. The van der Waals surface area contributed by atoms with Gasteiger partial charge in [-0.3, -0.25) is 4.98 Å². The van der Waals surface area contributed by atoms with Gasteiger partial charge in [-0.25, -0.2) is 4.98 Å². The van der Waals surface area contributed by atoms with E-state index in [9.17, 15) is 0 Å². The second kappa shape index (κ2) is 4.78. The summed E-state index contributed by atoms with van der Waals surface area (Å²) in [6.07, 6.45) is 5.35. The second-order valence-electron chi connectivity index (χ2n) is 4.41. The predicted octanol–water partition coefficient (Wildman–Crippen LogP) is 1.52. The minimum atomic E-state index is 0.311. The summed E-state index contributed by atoms with van der Waals surface area (Å²) in [5.74, 6) is 1.88. The van der Waals surface area contributed by atoms with E-state index >= 15 is 0 Å². The number of hydrogen-bond donors (Lipinski definition) is 1. The van der Waals surface area contributed by atoms with Gasteiger partial charge in [0.25, 0.3) is 0 Å². The first kappa shape index (κ1) is 11.2. The Hall–Kier alpha value is -1.88. The summed E-state index contributed by atoms with van der Waals surface area (Å²) < 4.78 is 7.94. The van der Waals surface area contributed by atoms with E-state index in [4.69, 9.17) is 4.74 Å². The van der Waals surface area contributed by atoms with Gasteiger partial charge in [0.1, 0.15) is 18.2 Å². The quantitative estimate of drug-likeness (QED) is 0.889. The molecule has 0 amide bonds. The van der Waals surface area contributed by atoms with Gasteiger partial charge in [-0.2, -0.15) is 0 Å². The highest BCUT2D eigenvalue weighted by Crippen LogP contribution is 2.18. The molecule has 2 aromatic heterocycles. The van der Waals surface area contributed by atoms with Crippen molar-refractivity contribution in [3.05, 3.63) is 42.2 Å². The molecule has 2 aromatic rings. The number of imidazole rings is 1. The van der Waals surface area contributed by atoms with Crippen molar-refractivity contribution >= 4 is 0 Å². The van der Waals surface area contributed by atoms with E-state index < -0.39 is 0 Å². The van der Waals surface area contributed by atoms with Crippen molar-refractivity contribution in [1.82, 2.24) is 19.9 Å². The van der Waals surface area contributed by atoms with Crippen molar-refractivity contribution < 1.29 is 4.74 Å². The Kier molecular flexibility index (Phi) is 2.98. The van der Waals surface area contributed by atoms with Crippen LogP contribution in [0.25, 0.3) is 0 Å². The summed E-state index contributed by atoms with van der Waals surface area (Å²) in [6.45, 7) is 4.59. The third-order valence-electron chi connectivity index (χ3n) is 3.16. The SMILES string of the molecule is CC1NCCn2c(COc3cccnc3)cnc21. The van der Waals surface area contributed by atoms with Gasteiger partial charge in [0.15, 0.2) is 0 Å². The van der Waals surface area contributed by atoms with E-state index in [2.05, 4.69) is 26.8 Å². The minimum absolute atomic E-state index is 0.311. The Labute approximate surface area is 106 Å². The lowest BCUT2D eigenvalue weighted by Gasteiger charge is -2.23. The maximum Gasteiger partial charge on any atom is 0.138 e. The zero-order chi connectivity index (χ0) is 12.4. The van der Waals surface area contributed by atoms with Crippen molar-refractivity contribution in [2.45, 2.75) is 26.1 Å². The Morgan fingerprint density at radius 1 is 1.50 bits per heavy atom. The van der Waals surface area contributed by atoms with Gasteiger partial charge in [-0.15, -0.1) is 0 Å². The van der Waals surface area contributed by atoms with E-state index in [1.165, 1.54) is 0 Å². The maximum atomic E-state index is 5.71. The fourth-order valence-electron chi connectivity index (χ4n) is 2.22. The average molecular weight is 244 g/mol. The van der Waals surface area contributed by atoms with E-state index in [1.807, 2.05) is 18.3 Å². The summed E-state index contributed by atoms with van der Waals surface area (Å²) >= 11 is 0. The number of rotatable bonds is 3. The Morgan fingerprint density at radius 3 is 3.28 bits per heavy atom. The van der Waals surface area contributed by atoms with E-state index in [0.717, 1.165) is 30.4 Å². The van der Waals surface area contributed by atoms with Crippen LogP contribution in [0.3, 0.4) is 0 Å². The molecule has 0 saturated heterocycles. The zero-order valence-corrected chi connectivity index (χ0v) is 10.3. The van der Waals surface area contributed by atoms with Crippen LogP contribution in [0, 0.1) is 0 Å². The third kappa shape index (κ3) is 2.09. The number of aromatic nitrogens is 3. The van der Waals surface area contributed by atoms with Crippen LogP contribution in [-0.4, -0.2) is 21.1 Å². The van der Waals surface area contributed by atoms with Gasteiger partial charge in [0.2, 0.25) is 0 Å². The fourth-order valence-corrected chi connectivity index (χ4v) is 2.22. The summed E-state index contributed by atoms with van der Waals surface area (Å²) in [6, 6.07) is 4.09. The first-order valence-electron chi connectivity index (χ1n) is 6.15. The van der Waals surface area contributed by atoms with Crippen molar-refractivity contribution in [3.8, 4) is 5.75 Å². The van der Waals surface area contributed by atoms with Crippen LogP contribution < -0.4 is 10.1 Å². The standard InChI is InChI=1S/C13H16N4O/c1-10-13-16-7-11(17(13)6-5-15-10)9-18-12-3-2-4-14-8-12/h2-4,7-8,10,15H,5-6,9H2,1H3. The smallest absolute Gasteiger partial charge is 0.138 e. The molecule has 0 fully saturated rings. The fraction of sp³-hybridized carbons (Fsp3) is 0.385. The van der Waals surface area contributed by atoms with Crippen molar-refractivity contribution in [2.24, 2.45) is 0 Å². The lowest BCUT2D eigenvalue weighted by molar-refractivity contribution is 0.288. The van der Waals surface area contributed by atoms with Crippen molar-refractivity contribution in [1.29, 1.82) is 0 Å². The van der Waals surface area contributed by atoms with E-state index in [-0.39, 0.29) is 0 Å². The summed E-state index contributed by atoms with van der Waals surface area (Å²) in [7, 11) is 0. The minimum Gasteiger partial charge on any atom is -0.486 e. The Balaban J connectivity index is 1.74. The van der Waals surface area contributed by atoms with Crippen LogP contribution in [0.4, 0.5) is 0 Å². The van der Waals surface area contributed by atoms with Gasteiger partial charge in [0.05, 0.1) is 24.1 Å². The number of hydrogen-bond acceptors (Lipinski definition) is 4. The van der Waals surface area contributed by atoms with Crippen molar-refractivity contribution in [2.75, 3.05) is 6.54 Å². The number of nitrogens with one attached hydrogen (secondary N) is 1. The topological polar surface area (TPSA) is 52.0 Å². The molecule has 18 heavy (non-hydrogen) atoms. The molecule has 1 N–H and O–H groups in total. The first-order valence-corrected chi connectivity index (χ1v) is 6.15. The summed E-state index contributed by atoms with van der Waals surface area (Å²) in [5.41, 5.74) is 1.11. The van der Waals surface area contributed by atoms with Gasteiger partial charge >= 0.3 is 0 Å². The first-order chi connectivity index (χ1) is 8.84. The number of nitrogens with zero attached hydrogens (tertiary/aromatic N) is 3. The third-order valence-corrected chi connectivity index (χ3v) is 3.16. The van der Waals surface area contributed by atoms with Gasteiger partial charge in [0, 0.05) is 19.3 Å². The highest BCUT2D eigenvalue weighted by atomic mass is 16.5. The molecule has 1 aliphatic rings. The predicted molar refractivity (Wildman–Crippen MR) is 67.2 cm³/mol. The molecule has 3 rings (SSSR count). The molecule has 1 unspecified atom stereocenters. The molecule has 1 atom stereocenters. The largest absolute Gasteiger partial charge is 0.486 e. The van der Waals surface area contributed by atoms with Crippen LogP contribution in [0.1, 0.15) is 24.5 Å². The van der Waals surface area contributed by atoms with Crippen LogP contribution in [0.2, 0.25) is 0 Å². The van der Waals surface area contributed by atoms with Crippen LogP contribution in [-0.2, 0) is 13.2 Å². The highest BCUT2D eigenvalue weighted by Gasteiger charge is 2.19. The Bertz CT molecular complexity index is 523. The summed E-state index contributed by atoms with van der Waals surface area (Å²) in [5, 5.41) is 3.39.